The molecule has 1 amide bonds. The number of hydrogen-bond acceptors (Lipinski definition) is 4. The number of hydrogen-bond donors (Lipinski definition) is 1. The fraction of sp³-hybridized carbons (Fsp3) is 0.286. The van der Waals surface area contributed by atoms with Crippen LogP contribution >= 0.6 is 0 Å². The number of nitrogens with zero attached hydrogens (tertiary/aromatic N) is 1. The average molecular weight is 353 g/mol. The molecule has 26 heavy (non-hydrogen) atoms. The maximum atomic E-state index is 11.6. The molecule has 0 fully saturated rings. The SMILES string of the molecule is COC(=O)N(O)[C@@H]1CC=C[C@H]1Cc1cccc(Oc2ccc(C)cc2)c1. The molecule has 0 unspecified atom stereocenters. The number of benzene rings is 2. The number of methoxy groups -OCH3 is 1. The van der Waals surface area contributed by atoms with E-state index in [4.69, 9.17) is 4.74 Å². The van der Waals surface area contributed by atoms with E-state index in [9.17, 15) is 10.0 Å². The molecular formula is C21H23NO4. The van der Waals surface area contributed by atoms with E-state index >= 15 is 0 Å². The van der Waals surface area contributed by atoms with Gasteiger partial charge < -0.3 is 9.47 Å². The lowest BCUT2D eigenvalue weighted by atomic mass is 9.94. The summed E-state index contributed by atoms with van der Waals surface area (Å²) >= 11 is 0. The largest absolute Gasteiger partial charge is 0.457 e. The van der Waals surface area contributed by atoms with Gasteiger partial charge in [-0.25, -0.2) is 4.79 Å². The Hall–Kier alpha value is -2.79. The predicted octanol–water partition coefficient (Wildman–Crippen LogP) is 4.73. The fourth-order valence-electron chi connectivity index (χ4n) is 3.16. The molecule has 0 aliphatic heterocycles. The molecule has 1 aliphatic rings. The van der Waals surface area contributed by atoms with Gasteiger partial charge in [0.15, 0.2) is 0 Å². The molecule has 0 heterocycles. The molecule has 0 saturated carbocycles. The van der Waals surface area contributed by atoms with Crippen LogP contribution in [0, 0.1) is 12.8 Å². The van der Waals surface area contributed by atoms with E-state index in [-0.39, 0.29) is 12.0 Å². The molecule has 0 bridgehead atoms. The Morgan fingerprint density at radius 3 is 2.69 bits per heavy atom. The predicted molar refractivity (Wildman–Crippen MR) is 98.5 cm³/mol. The van der Waals surface area contributed by atoms with E-state index in [1.54, 1.807) is 0 Å². The summed E-state index contributed by atoms with van der Waals surface area (Å²) in [4.78, 5) is 11.6. The summed E-state index contributed by atoms with van der Waals surface area (Å²) < 4.78 is 10.5. The number of amides is 1. The van der Waals surface area contributed by atoms with Gasteiger partial charge in [0.05, 0.1) is 13.2 Å². The highest BCUT2D eigenvalue weighted by atomic mass is 16.6. The van der Waals surface area contributed by atoms with Crippen molar-refractivity contribution >= 4 is 6.09 Å². The van der Waals surface area contributed by atoms with E-state index in [1.807, 2.05) is 67.6 Å². The molecule has 136 valence electrons. The first kappa shape index (κ1) is 18.0. The molecule has 0 aromatic heterocycles. The Balaban J connectivity index is 1.69. The molecule has 1 aliphatic carbocycles. The van der Waals surface area contributed by atoms with Crippen molar-refractivity contribution in [1.29, 1.82) is 0 Å². The summed E-state index contributed by atoms with van der Waals surface area (Å²) in [5.74, 6) is 1.58. The van der Waals surface area contributed by atoms with Gasteiger partial charge in [-0.3, -0.25) is 5.21 Å². The van der Waals surface area contributed by atoms with Crippen molar-refractivity contribution in [1.82, 2.24) is 5.06 Å². The van der Waals surface area contributed by atoms with Gasteiger partial charge in [-0.15, -0.1) is 0 Å². The van der Waals surface area contributed by atoms with Crippen LogP contribution in [-0.4, -0.2) is 29.5 Å². The van der Waals surface area contributed by atoms with Crippen molar-refractivity contribution in [2.45, 2.75) is 25.8 Å². The normalized spacial score (nSPS) is 18.6. The minimum Gasteiger partial charge on any atom is -0.457 e. The Labute approximate surface area is 153 Å². The van der Waals surface area contributed by atoms with Crippen LogP contribution in [0.25, 0.3) is 0 Å². The first-order chi connectivity index (χ1) is 12.6. The summed E-state index contributed by atoms with van der Waals surface area (Å²) in [6.45, 7) is 2.04. The van der Waals surface area contributed by atoms with E-state index in [0.29, 0.717) is 17.9 Å². The van der Waals surface area contributed by atoms with E-state index in [2.05, 4.69) is 4.74 Å². The Morgan fingerprint density at radius 1 is 1.19 bits per heavy atom. The maximum absolute atomic E-state index is 11.6. The van der Waals surface area contributed by atoms with Gasteiger partial charge in [0.25, 0.3) is 0 Å². The van der Waals surface area contributed by atoms with Crippen LogP contribution in [0.15, 0.2) is 60.7 Å². The standard InChI is InChI=1S/C21H23NO4/c1-15-9-11-18(12-10-15)26-19-7-3-5-16(14-19)13-17-6-4-8-20(17)22(24)21(23)25-2/h3-7,9-12,14,17,20,24H,8,13H2,1-2H3/t17-,20+/m0/s1. The molecule has 2 aromatic rings. The summed E-state index contributed by atoms with van der Waals surface area (Å²) in [6.07, 6.45) is 4.58. The minimum atomic E-state index is -0.736. The Bertz CT molecular complexity index is 785. The maximum Gasteiger partial charge on any atom is 0.433 e. The second-order valence-corrected chi connectivity index (χ2v) is 6.48. The highest BCUT2D eigenvalue weighted by Crippen LogP contribution is 2.29. The first-order valence-electron chi connectivity index (χ1n) is 8.63. The Morgan fingerprint density at radius 2 is 1.96 bits per heavy atom. The van der Waals surface area contributed by atoms with E-state index in [0.717, 1.165) is 17.1 Å². The van der Waals surface area contributed by atoms with Crippen LogP contribution in [0.1, 0.15) is 17.5 Å². The highest BCUT2D eigenvalue weighted by molar-refractivity contribution is 5.66. The number of hydroxylamine groups is 2. The van der Waals surface area contributed by atoms with Crippen LogP contribution in [0.5, 0.6) is 11.5 Å². The molecule has 5 nitrogen and oxygen atoms in total. The smallest absolute Gasteiger partial charge is 0.433 e. The molecule has 2 aromatic carbocycles. The van der Waals surface area contributed by atoms with Crippen LogP contribution in [0.2, 0.25) is 0 Å². The van der Waals surface area contributed by atoms with Crippen molar-refractivity contribution in [2.24, 2.45) is 5.92 Å². The molecule has 0 spiro atoms. The van der Waals surface area contributed by atoms with Gasteiger partial charge in [0, 0.05) is 5.92 Å². The third kappa shape index (κ3) is 4.24. The number of carbonyl (C=O) groups is 1. The molecular weight excluding hydrogens is 330 g/mol. The van der Waals surface area contributed by atoms with Crippen LogP contribution in [0.3, 0.4) is 0 Å². The molecule has 1 N–H and O–H groups in total. The number of ether oxygens (including phenoxy) is 2. The van der Waals surface area contributed by atoms with E-state index < -0.39 is 6.09 Å². The molecule has 3 rings (SSSR count). The molecule has 0 saturated heterocycles. The van der Waals surface area contributed by atoms with Crippen LogP contribution < -0.4 is 4.74 Å². The zero-order chi connectivity index (χ0) is 18.5. The minimum absolute atomic E-state index is 0.0220. The lowest BCUT2D eigenvalue weighted by molar-refractivity contribution is -0.107. The average Bonchev–Trinajstić information content (AvgIpc) is 3.10. The van der Waals surface area contributed by atoms with Gasteiger partial charge in [-0.2, -0.15) is 5.06 Å². The lowest BCUT2D eigenvalue weighted by Gasteiger charge is -2.26. The summed E-state index contributed by atoms with van der Waals surface area (Å²) in [7, 11) is 1.26. The van der Waals surface area contributed by atoms with Crippen molar-refractivity contribution < 1.29 is 19.5 Å². The summed E-state index contributed by atoms with van der Waals surface area (Å²) in [6, 6.07) is 15.5. The fourth-order valence-corrected chi connectivity index (χ4v) is 3.16. The monoisotopic (exact) mass is 353 g/mol. The van der Waals surface area contributed by atoms with Gasteiger partial charge >= 0.3 is 6.09 Å². The first-order valence-corrected chi connectivity index (χ1v) is 8.63. The molecule has 0 radical (unpaired) electrons. The second kappa shape index (κ2) is 8.06. The summed E-state index contributed by atoms with van der Waals surface area (Å²) in [5, 5.41) is 10.7. The van der Waals surface area contributed by atoms with Crippen LogP contribution in [-0.2, 0) is 11.2 Å². The number of carbonyl (C=O) groups excluding carboxylic acids is 1. The summed E-state index contributed by atoms with van der Waals surface area (Å²) in [5.41, 5.74) is 2.26. The van der Waals surface area contributed by atoms with Gasteiger partial charge in [0.2, 0.25) is 0 Å². The van der Waals surface area contributed by atoms with Crippen molar-refractivity contribution in [3.05, 3.63) is 71.8 Å². The second-order valence-electron chi connectivity index (χ2n) is 6.48. The lowest BCUT2D eigenvalue weighted by Crippen LogP contribution is -2.40. The van der Waals surface area contributed by atoms with Crippen molar-refractivity contribution in [3.63, 3.8) is 0 Å². The topological polar surface area (TPSA) is 59.0 Å². The molecule has 5 heteroatoms. The van der Waals surface area contributed by atoms with Crippen LogP contribution in [0.4, 0.5) is 4.79 Å². The third-order valence-electron chi connectivity index (χ3n) is 4.56. The van der Waals surface area contributed by atoms with E-state index in [1.165, 1.54) is 12.7 Å². The zero-order valence-electron chi connectivity index (χ0n) is 15.0. The van der Waals surface area contributed by atoms with Gasteiger partial charge in [-0.1, -0.05) is 42.0 Å². The van der Waals surface area contributed by atoms with Gasteiger partial charge in [0.1, 0.15) is 11.5 Å². The van der Waals surface area contributed by atoms with Crippen molar-refractivity contribution in [3.8, 4) is 11.5 Å². The van der Waals surface area contributed by atoms with Gasteiger partial charge in [-0.05, 0) is 49.6 Å². The molecule has 2 atom stereocenters. The quantitative estimate of drug-likeness (QED) is 0.479. The third-order valence-corrected chi connectivity index (χ3v) is 4.56. The van der Waals surface area contributed by atoms with Crippen molar-refractivity contribution in [2.75, 3.05) is 7.11 Å². The zero-order valence-corrected chi connectivity index (χ0v) is 15.0. The number of aryl methyl sites for hydroxylation is 1. The Kier molecular flexibility index (Phi) is 5.58. The number of rotatable bonds is 5. The highest BCUT2D eigenvalue weighted by Gasteiger charge is 2.31.